The van der Waals surface area contributed by atoms with Gasteiger partial charge in [-0.2, -0.15) is 0 Å². The Labute approximate surface area is 109 Å². The molecule has 4 nitrogen and oxygen atoms in total. The van der Waals surface area contributed by atoms with Gasteiger partial charge in [0.05, 0.1) is 6.10 Å². The average molecular weight is 301 g/mol. The van der Waals surface area contributed by atoms with Gasteiger partial charge in [0.2, 0.25) is 0 Å². The summed E-state index contributed by atoms with van der Waals surface area (Å²) in [5, 5.41) is 0. The van der Waals surface area contributed by atoms with Crippen molar-refractivity contribution in [3.05, 3.63) is 22.4 Å². The standard InChI is InChI=1S/C12H17BrN2O2/c1-2-17-10-4-3-5-15(8-10)12(16)11-6-9(13)7-14-11/h6-7,10,14H,2-5,8H2,1H3/t10-/m1/s1. The van der Waals surface area contributed by atoms with Gasteiger partial charge in [-0.3, -0.25) is 4.79 Å². The number of ether oxygens (including phenoxy) is 1. The number of likely N-dealkylation sites (tertiary alicyclic amines) is 1. The van der Waals surface area contributed by atoms with E-state index in [2.05, 4.69) is 20.9 Å². The highest BCUT2D eigenvalue weighted by Crippen LogP contribution is 2.17. The fourth-order valence-corrected chi connectivity index (χ4v) is 2.50. The molecule has 94 valence electrons. The zero-order chi connectivity index (χ0) is 12.3. The van der Waals surface area contributed by atoms with Gasteiger partial charge in [-0.25, -0.2) is 0 Å². The molecular formula is C12H17BrN2O2. The van der Waals surface area contributed by atoms with Gasteiger partial charge in [0.1, 0.15) is 5.69 Å². The van der Waals surface area contributed by atoms with Crippen molar-refractivity contribution in [1.29, 1.82) is 0 Å². The van der Waals surface area contributed by atoms with Gasteiger partial charge in [-0.1, -0.05) is 0 Å². The number of aromatic nitrogens is 1. The van der Waals surface area contributed by atoms with Crippen molar-refractivity contribution >= 4 is 21.8 Å². The molecule has 1 aliphatic rings. The lowest BCUT2D eigenvalue weighted by atomic mass is 10.1. The number of nitrogens with zero attached hydrogens (tertiary/aromatic N) is 1. The van der Waals surface area contributed by atoms with Crippen molar-refractivity contribution in [2.24, 2.45) is 0 Å². The van der Waals surface area contributed by atoms with E-state index in [4.69, 9.17) is 4.74 Å². The predicted octanol–water partition coefficient (Wildman–Crippen LogP) is 2.42. The number of halogens is 1. The molecule has 0 saturated carbocycles. The van der Waals surface area contributed by atoms with Crippen molar-refractivity contribution in [2.45, 2.75) is 25.9 Å². The number of amides is 1. The molecule has 1 aromatic heterocycles. The Kier molecular flexibility index (Phi) is 4.23. The number of hydrogen-bond donors (Lipinski definition) is 1. The fourth-order valence-electron chi connectivity index (χ4n) is 2.16. The maximum atomic E-state index is 12.2. The van der Waals surface area contributed by atoms with Crippen LogP contribution in [0.1, 0.15) is 30.3 Å². The second-order valence-electron chi connectivity index (χ2n) is 4.20. The molecule has 1 aromatic rings. The first kappa shape index (κ1) is 12.6. The molecule has 0 radical (unpaired) electrons. The second-order valence-corrected chi connectivity index (χ2v) is 5.12. The fraction of sp³-hybridized carbons (Fsp3) is 0.583. The van der Waals surface area contributed by atoms with Crippen LogP contribution < -0.4 is 0 Å². The average Bonchev–Trinajstić information content (AvgIpc) is 2.76. The van der Waals surface area contributed by atoms with Gasteiger partial charge in [0.15, 0.2) is 0 Å². The molecule has 1 amide bonds. The second kappa shape index (κ2) is 5.69. The minimum absolute atomic E-state index is 0.0557. The molecule has 2 heterocycles. The van der Waals surface area contributed by atoms with Crippen LogP contribution in [-0.4, -0.2) is 41.6 Å². The molecule has 1 saturated heterocycles. The third kappa shape index (κ3) is 3.10. The molecule has 1 N–H and O–H groups in total. The number of H-pyrrole nitrogens is 1. The monoisotopic (exact) mass is 300 g/mol. The summed E-state index contributed by atoms with van der Waals surface area (Å²) in [6, 6.07) is 1.81. The topological polar surface area (TPSA) is 45.3 Å². The van der Waals surface area contributed by atoms with E-state index >= 15 is 0 Å². The lowest BCUT2D eigenvalue weighted by molar-refractivity contribution is 0.00706. The summed E-state index contributed by atoms with van der Waals surface area (Å²) in [6.07, 6.45) is 4.03. The van der Waals surface area contributed by atoms with Crippen molar-refractivity contribution in [1.82, 2.24) is 9.88 Å². The molecule has 0 unspecified atom stereocenters. The third-order valence-electron chi connectivity index (χ3n) is 2.95. The van der Waals surface area contributed by atoms with E-state index in [1.54, 1.807) is 6.20 Å². The highest BCUT2D eigenvalue weighted by molar-refractivity contribution is 9.10. The van der Waals surface area contributed by atoms with E-state index in [1.807, 2.05) is 17.9 Å². The molecule has 0 bridgehead atoms. The van der Waals surface area contributed by atoms with Crippen LogP contribution in [0.15, 0.2) is 16.7 Å². The van der Waals surface area contributed by atoms with Crippen LogP contribution in [0.3, 0.4) is 0 Å². The van der Waals surface area contributed by atoms with E-state index in [-0.39, 0.29) is 12.0 Å². The van der Waals surface area contributed by atoms with Crippen molar-refractivity contribution in [3.63, 3.8) is 0 Å². The number of carbonyl (C=O) groups is 1. The molecule has 1 fully saturated rings. The first-order valence-corrected chi connectivity index (χ1v) is 6.74. The molecule has 2 rings (SSSR count). The highest BCUT2D eigenvalue weighted by atomic mass is 79.9. The highest BCUT2D eigenvalue weighted by Gasteiger charge is 2.25. The van der Waals surface area contributed by atoms with Gasteiger partial charge in [-0.15, -0.1) is 0 Å². The van der Waals surface area contributed by atoms with Gasteiger partial charge < -0.3 is 14.6 Å². The quantitative estimate of drug-likeness (QED) is 0.932. The molecule has 0 spiro atoms. The Morgan fingerprint density at radius 2 is 2.53 bits per heavy atom. The van der Waals surface area contributed by atoms with Crippen LogP contribution in [0.25, 0.3) is 0 Å². The number of hydrogen-bond acceptors (Lipinski definition) is 2. The summed E-state index contributed by atoms with van der Waals surface area (Å²) < 4.78 is 6.49. The van der Waals surface area contributed by atoms with Crippen molar-refractivity contribution < 1.29 is 9.53 Å². The smallest absolute Gasteiger partial charge is 0.270 e. The minimum Gasteiger partial charge on any atom is -0.377 e. The summed E-state index contributed by atoms with van der Waals surface area (Å²) in [4.78, 5) is 17.0. The van der Waals surface area contributed by atoms with E-state index in [0.29, 0.717) is 18.8 Å². The van der Waals surface area contributed by atoms with Gasteiger partial charge >= 0.3 is 0 Å². The summed E-state index contributed by atoms with van der Waals surface area (Å²) in [7, 11) is 0. The van der Waals surface area contributed by atoms with Gasteiger partial charge in [0.25, 0.3) is 5.91 Å². The van der Waals surface area contributed by atoms with E-state index in [9.17, 15) is 4.79 Å². The first-order chi connectivity index (χ1) is 8.20. The molecule has 0 aromatic carbocycles. The Hall–Kier alpha value is -0.810. The normalized spacial score (nSPS) is 20.6. The van der Waals surface area contributed by atoms with E-state index in [1.165, 1.54) is 0 Å². The van der Waals surface area contributed by atoms with Crippen LogP contribution in [0.4, 0.5) is 0 Å². The Morgan fingerprint density at radius 3 is 3.18 bits per heavy atom. The third-order valence-corrected chi connectivity index (χ3v) is 3.40. The number of piperidine rings is 1. The predicted molar refractivity (Wildman–Crippen MR) is 69.0 cm³/mol. The molecule has 0 aliphatic carbocycles. The summed E-state index contributed by atoms with van der Waals surface area (Å²) in [6.45, 7) is 4.21. The van der Waals surface area contributed by atoms with Crippen LogP contribution >= 0.6 is 15.9 Å². The van der Waals surface area contributed by atoms with E-state index in [0.717, 1.165) is 23.9 Å². The number of aromatic amines is 1. The lowest BCUT2D eigenvalue weighted by Gasteiger charge is -2.32. The molecule has 5 heteroatoms. The Balaban J connectivity index is 1.99. The Morgan fingerprint density at radius 1 is 1.71 bits per heavy atom. The number of nitrogens with one attached hydrogen (secondary N) is 1. The number of carbonyl (C=O) groups excluding carboxylic acids is 1. The maximum absolute atomic E-state index is 12.2. The van der Waals surface area contributed by atoms with Crippen molar-refractivity contribution in [3.8, 4) is 0 Å². The zero-order valence-electron chi connectivity index (χ0n) is 9.91. The van der Waals surface area contributed by atoms with Gasteiger partial charge in [-0.05, 0) is 41.8 Å². The van der Waals surface area contributed by atoms with Crippen LogP contribution in [0, 0.1) is 0 Å². The summed E-state index contributed by atoms with van der Waals surface area (Å²) in [5.41, 5.74) is 0.633. The summed E-state index contributed by atoms with van der Waals surface area (Å²) in [5.74, 6) is 0.0557. The molecule has 17 heavy (non-hydrogen) atoms. The minimum atomic E-state index is 0.0557. The van der Waals surface area contributed by atoms with Crippen LogP contribution in [-0.2, 0) is 4.74 Å². The molecular weight excluding hydrogens is 284 g/mol. The van der Waals surface area contributed by atoms with Gasteiger partial charge in [0, 0.05) is 30.4 Å². The largest absolute Gasteiger partial charge is 0.377 e. The zero-order valence-corrected chi connectivity index (χ0v) is 11.5. The Bertz CT molecular complexity index is 390. The lowest BCUT2D eigenvalue weighted by Crippen LogP contribution is -2.43. The van der Waals surface area contributed by atoms with Crippen LogP contribution in [0.2, 0.25) is 0 Å². The molecule has 1 atom stereocenters. The van der Waals surface area contributed by atoms with Crippen molar-refractivity contribution in [2.75, 3.05) is 19.7 Å². The number of rotatable bonds is 3. The summed E-state index contributed by atoms with van der Waals surface area (Å²) >= 11 is 3.33. The molecule has 1 aliphatic heterocycles. The van der Waals surface area contributed by atoms with Crippen LogP contribution in [0.5, 0.6) is 0 Å². The maximum Gasteiger partial charge on any atom is 0.270 e. The van der Waals surface area contributed by atoms with E-state index < -0.39 is 0 Å². The first-order valence-electron chi connectivity index (χ1n) is 5.95. The SMILES string of the molecule is CCO[C@@H]1CCCN(C(=O)c2cc(Br)c[nH]2)C1.